The molecule has 1 heterocycles. The van der Waals surface area contributed by atoms with Crippen molar-refractivity contribution in [3.05, 3.63) is 34.9 Å². The van der Waals surface area contributed by atoms with Crippen molar-refractivity contribution in [1.29, 1.82) is 0 Å². The molecule has 3 rings (SSSR count). The predicted molar refractivity (Wildman–Crippen MR) is 71.3 cm³/mol. The van der Waals surface area contributed by atoms with Crippen molar-refractivity contribution in [2.75, 3.05) is 20.1 Å². The topological polar surface area (TPSA) is 23.5 Å². The minimum absolute atomic E-state index is 0.0324. The number of aliphatic hydroxyl groups is 1. The first kappa shape index (κ1) is 12.6. The average molecular weight is 233 g/mol. The Labute approximate surface area is 104 Å². The molecule has 1 aliphatic carbocycles. The highest BCUT2D eigenvalue weighted by molar-refractivity contribution is 5.33. The molecule has 1 aromatic rings. The summed E-state index contributed by atoms with van der Waals surface area (Å²) in [6, 6.07) is 6.86. The Hall–Kier alpha value is -0.860. The Balaban J connectivity index is 0.000000153. The summed E-state index contributed by atoms with van der Waals surface area (Å²) >= 11 is 0. The van der Waals surface area contributed by atoms with Crippen LogP contribution in [0.25, 0.3) is 0 Å². The molecule has 0 atom stereocenters. The quantitative estimate of drug-likeness (QED) is 0.742. The molecule has 0 amide bonds. The van der Waals surface area contributed by atoms with Crippen LogP contribution in [0.15, 0.2) is 18.2 Å². The van der Waals surface area contributed by atoms with Crippen molar-refractivity contribution in [3.8, 4) is 0 Å². The van der Waals surface area contributed by atoms with E-state index in [4.69, 9.17) is 5.11 Å². The Morgan fingerprint density at radius 1 is 1.12 bits per heavy atom. The summed E-state index contributed by atoms with van der Waals surface area (Å²) in [7, 11) is 1.99. The molecule has 0 aromatic heterocycles. The van der Waals surface area contributed by atoms with Gasteiger partial charge in [-0.2, -0.15) is 0 Å². The first-order valence-corrected chi connectivity index (χ1v) is 6.60. The molecule has 2 heteroatoms. The van der Waals surface area contributed by atoms with Crippen LogP contribution in [0.5, 0.6) is 0 Å². The van der Waals surface area contributed by atoms with Gasteiger partial charge in [-0.25, -0.2) is 0 Å². The minimum atomic E-state index is -0.0324. The summed E-state index contributed by atoms with van der Waals surface area (Å²) in [5.41, 5.74) is 4.59. The van der Waals surface area contributed by atoms with Gasteiger partial charge in [0.05, 0.1) is 6.10 Å². The van der Waals surface area contributed by atoms with Crippen LogP contribution in [0.3, 0.4) is 0 Å². The maximum absolute atomic E-state index is 8.58. The smallest absolute Gasteiger partial charge is 0.0793 e. The third kappa shape index (κ3) is 3.55. The first-order valence-electron chi connectivity index (χ1n) is 6.60. The van der Waals surface area contributed by atoms with Crippen molar-refractivity contribution in [2.45, 2.75) is 38.7 Å². The summed E-state index contributed by atoms with van der Waals surface area (Å²) in [5, 5.41) is 8.58. The van der Waals surface area contributed by atoms with Gasteiger partial charge in [-0.3, -0.25) is 0 Å². The van der Waals surface area contributed by atoms with E-state index >= 15 is 0 Å². The molecular formula is C15H23NO. The maximum atomic E-state index is 8.58. The molecule has 17 heavy (non-hydrogen) atoms. The molecule has 2 aliphatic rings. The van der Waals surface area contributed by atoms with Crippen LogP contribution >= 0.6 is 0 Å². The standard InChI is InChI=1S/C11H14.C4H9NO/c1-9-6-7-10-4-2-3-5-11(10)8-9;1-5-2-4(6)3-5/h6-8H,2-5H2,1H3;4,6H,2-3H2,1H3. The van der Waals surface area contributed by atoms with Gasteiger partial charge >= 0.3 is 0 Å². The van der Waals surface area contributed by atoms with E-state index in [2.05, 4.69) is 30.0 Å². The number of rotatable bonds is 0. The SMILES string of the molecule is CN1CC(O)C1.Cc1ccc2c(c1)CCCC2. The number of β-amino-alcohol motifs (C(OH)–C–C–N with tert-alkyl or cyclic N) is 1. The van der Waals surface area contributed by atoms with Crippen LogP contribution < -0.4 is 0 Å². The molecule has 0 spiro atoms. The molecule has 0 radical (unpaired) electrons. The molecule has 1 aliphatic heterocycles. The number of fused-ring (bicyclic) bond motifs is 1. The lowest BCUT2D eigenvalue weighted by Gasteiger charge is -2.31. The number of benzene rings is 1. The monoisotopic (exact) mass is 233 g/mol. The largest absolute Gasteiger partial charge is 0.390 e. The fourth-order valence-electron chi connectivity index (χ4n) is 2.53. The first-order chi connectivity index (χ1) is 8.15. The Kier molecular flexibility index (Phi) is 4.19. The zero-order valence-electron chi connectivity index (χ0n) is 10.9. The summed E-state index contributed by atoms with van der Waals surface area (Å²) in [4.78, 5) is 2.07. The van der Waals surface area contributed by atoms with E-state index in [-0.39, 0.29) is 6.10 Å². The predicted octanol–water partition coefficient (Wildman–Crippen LogP) is 2.17. The van der Waals surface area contributed by atoms with Gasteiger partial charge in [0.25, 0.3) is 0 Å². The fourth-order valence-corrected chi connectivity index (χ4v) is 2.53. The summed E-state index contributed by atoms with van der Waals surface area (Å²) < 4.78 is 0. The molecule has 94 valence electrons. The normalized spacial score (nSPS) is 19.9. The molecular weight excluding hydrogens is 210 g/mol. The second kappa shape index (κ2) is 5.65. The van der Waals surface area contributed by atoms with E-state index in [1.54, 1.807) is 11.1 Å². The molecule has 0 saturated carbocycles. The van der Waals surface area contributed by atoms with Crippen molar-refractivity contribution >= 4 is 0 Å². The zero-order valence-corrected chi connectivity index (χ0v) is 10.9. The summed E-state index contributed by atoms with van der Waals surface area (Å²) in [6.45, 7) is 3.90. The second-order valence-corrected chi connectivity index (χ2v) is 5.35. The Morgan fingerprint density at radius 2 is 1.76 bits per heavy atom. The zero-order chi connectivity index (χ0) is 12.3. The molecule has 0 unspecified atom stereocenters. The highest BCUT2D eigenvalue weighted by Gasteiger charge is 2.18. The molecule has 1 saturated heterocycles. The minimum Gasteiger partial charge on any atom is -0.390 e. The van der Waals surface area contributed by atoms with Crippen LogP contribution in [0, 0.1) is 6.92 Å². The van der Waals surface area contributed by atoms with Gasteiger partial charge in [0.15, 0.2) is 0 Å². The lowest BCUT2D eigenvalue weighted by Crippen LogP contribution is -2.47. The molecule has 1 aromatic carbocycles. The summed E-state index contributed by atoms with van der Waals surface area (Å²) in [5.74, 6) is 0. The third-order valence-electron chi connectivity index (χ3n) is 3.55. The van der Waals surface area contributed by atoms with Crippen molar-refractivity contribution in [2.24, 2.45) is 0 Å². The second-order valence-electron chi connectivity index (χ2n) is 5.35. The number of hydrogen-bond acceptors (Lipinski definition) is 2. The maximum Gasteiger partial charge on any atom is 0.0793 e. The van der Waals surface area contributed by atoms with Gasteiger partial charge in [-0.05, 0) is 50.8 Å². The van der Waals surface area contributed by atoms with Gasteiger partial charge in [0, 0.05) is 13.1 Å². The van der Waals surface area contributed by atoms with E-state index < -0.39 is 0 Å². The number of aliphatic hydroxyl groups excluding tert-OH is 1. The molecule has 1 fully saturated rings. The molecule has 0 bridgehead atoms. The van der Waals surface area contributed by atoms with Gasteiger partial charge < -0.3 is 10.0 Å². The Morgan fingerprint density at radius 3 is 2.29 bits per heavy atom. The molecule has 1 N–H and O–H groups in total. The van der Waals surface area contributed by atoms with Gasteiger partial charge in [0.1, 0.15) is 0 Å². The Bertz CT molecular complexity index is 363. The van der Waals surface area contributed by atoms with Gasteiger partial charge in [0.2, 0.25) is 0 Å². The van der Waals surface area contributed by atoms with Crippen molar-refractivity contribution in [1.82, 2.24) is 4.90 Å². The summed E-state index contributed by atoms with van der Waals surface area (Å²) in [6.07, 6.45) is 5.34. The van der Waals surface area contributed by atoms with Crippen LogP contribution in [-0.2, 0) is 12.8 Å². The van der Waals surface area contributed by atoms with Crippen LogP contribution in [0.2, 0.25) is 0 Å². The fraction of sp³-hybridized carbons (Fsp3) is 0.600. The molecule has 2 nitrogen and oxygen atoms in total. The number of aryl methyl sites for hydroxylation is 3. The van der Waals surface area contributed by atoms with E-state index in [1.165, 1.54) is 31.2 Å². The lowest BCUT2D eigenvalue weighted by molar-refractivity contribution is 0.0196. The lowest BCUT2D eigenvalue weighted by atomic mass is 9.91. The van der Waals surface area contributed by atoms with Crippen LogP contribution in [0.1, 0.15) is 29.5 Å². The number of likely N-dealkylation sites (N-methyl/N-ethyl adjacent to an activating group) is 1. The highest BCUT2D eigenvalue weighted by atomic mass is 16.3. The third-order valence-corrected chi connectivity index (χ3v) is 3.55. The van der Waals surface area contributed by atoms with Gasteiger partial charge in [-0.15, -0.1) is 0 Å². The highest BCUT2D eigenvalue weighted by Crippen LogP contribution is 2.21. The van der Waals surface area contributed by atoms with E-state index in [0.29, 0.717) is 0 Å². The average Bonchev–Trinajstić information content (AvgIpc) is 2.28. The van der Waals surface area contributed by atoms with E-state index in [0.717, 1.165) is 13.1 Å². The van der Waals surface area contributed by atoms with E-state index in [1.807, 2.05) is 7.05 Å². The van der Waals surface area contributed by atoms with Crippen LogP contribution in [-0.4, -0.2) is 36.2 Å². The number of likely N-dealkylation sites (tertiary alicyclic amines) is 1. The number of hydrogen-bond donors (Lipinski definition) is 1. The van der Waals surface area contributed by atoms with Crippen molar-refractivity contribution in [3.63, 3.8) is 0 Å². The number of nitrogens with zero attached hydrogens (tertiary/aromatic N) is 1. The van der Waals surface area contributed by atoms with Crippen LogP contribution in [0.4, 0.5) is 0 Å². The van der Waals surface area contributed by atoms with Crippen molar-refractivity contribution < 1.29 is 5.11 Å². The van der Waals surface area contributed by atoms with E-state index in [9.17, 15) is 0 Å². The van der Waals surface area contributed by atoms with Gasteiger partial charge in [-0.1, -0.05) is 23.8 Å².